The number of nitrogens with one attached hydrogen (secondary N) is 1. The van der Waals surface area contributed by atoms with Crippen molar-refractivity contribution in [3.05, 3.63) is 58.9 Å². The van der Waals surface area contributed by atoms with E-state index in [9.17, 15) is 22.8 Å². The van der Waals surface area contributed by atoms with E-state index in [1.54, 1.807) is 45.0 Å². The molecule has 6 nitrogen and oxygen atoms in total. The molecule has 2 rings (SSSR count). The Morgan fingerprint density at radius 1 is 1.10 bits per heavy atom. The molecular formula is C22H26F3N3O3. The molecule has 0 aliphatic heterocycles. The lowest BCUT2D eigenvalue weighted by atomic mass is 10.1. The molecule has 0 atom stereocenters. The van der Waals surface area contributed by atoms with Gasteiger partial charge in [0.2, 0.25) is 0 Å². The van der Waals surface area contributed by atoms with E-state index in [0.29, 0.717) is 17.8 Å². The number of hydrogen-bond donors (Lipinski definition) is 1. The molecule has 1 N–H and O–H groups in total. The quantitative estimate of drug-likeness (QED) is 0.678. The molecule has 31 heavy (non-hydrogen) atoms. The monoisotopic (exact) mass is 437 g/mol. The second-order valence-corrected chi connectivity index (χ2v) is 7.93. The molecule has 1 aromatic heterocycles. The van der Waals surface area contributed by atoms with Gasteiger partial charge in [0.15, 0.2) is 0 Å². The number of aromatic nitrogens is 1. The lowest BCUT2D eigenvalue weighted by Crippen LogP contribution is -2.36. The fourth-order valence-electron chi connectivity index (χ4n) is 2.77. The lowest BCUT2D eigenvalue weighted by Gasteiger charge is -2.27. The predicted octanol–water partition coefficient (Wildman–Crippen LogP) is 5.42. The highest BCUT2D eigenvalue weighted by atomic mass is 19.4. The Labute approximate surface area is 179 Å². The van der Waals surface area contributed by atoms with Crippen LogP contribution in [0, 0.1) is 6.92 Å². The number of carbonyl (C=O) groups excluding carboxylic acids is 2. The third kappa shape index (κ3) is 6.70. The third-order valence-electron chi connectivity index (χ3n) is 4.28. The maximum absolute atomic E-state index is 12.8. The van der Waals surface area contributed by atoms with Crippen LogP contribution in [0.2, 0.25) is 0 Å². The minimum Gasteiger partial charge on any atom is -0.444 e. The summed E-state index contributed by atoms with van der Waals surface area (Å²) in [5.74, 6) is -0.591. The second-order valence-electron chi connectivity index (χ2n) is 7.93. The summed E-state index contributed by atoms with van der Waals surface area (Å²) in [7, 11) is 0. The van der Waals surface area contributed by atoms with Crippen LogP contribution < -0.4 is 5.32 Å². The van der Waals surface area contributed by atoms with E-state index in [1.807, 2.05) is 6.92 Å². The van der Waals surface area contributed by atoms with Crippen LogP contribution in [0.5, 0.6) is 0 Å². The summed E-state index contributed by atoms with van der Waals surface area (Å²) in [6, 6.07) is 8.75. The van der Waals surface area contributed by atoms with Crippen LogP contribution in [-0.4, -0.2) is 34.0 Å². The summed E-state index contributed by atoms with van der Waals surface area (Å²) in [6.45, 7) is 9.04. The van der Waals surface area contributed by atoms with Gasteiger partial charge < -0.3 is 15.0 Å². The van der Waals surface area contributed by atoms with Gasteiger partial charge in [-0.05, 0) is 58.4 Å². The van der Waals surface area contributed by atoms with Crippen molar-refractivity contribution in [1.29, 1.82) is 0 Å². The fraction of sp³-hybridized carbons (Fsp3) is 0.409. The maximum Gasteiger partial charge on any atom is 0.433 e. The molecule has 1 heterocycles. The molecule has 0 spiro atoms. The minimum atomic E-state index is -4.59. The van der Waals surface area contributed by atoms with E-state index in [1.165, 1.54) is 11.8 Å². The summed E-state index contributed by atoms with van der Waals surface area (Å²) >= 11 is 0. The number of benzene rings is 1. The number of alkyl halides is 3. The Hall–Kier alpha value is -3.10. The van der Waals surface area contributed by atoms with E-state index in [2.05, 4.69) is 10.3 Å². The van der Waals surface area contributed by atoms with Crippen LogP contribution in [0.25, 0.3) is 0 Å². The van der Waals surface area contributed by atoms with Crippen molar-refractivity contribution in [2.45, 2.75) is 52.9 Å². The van der Waals surface area contributed by atoms with Crippen LogP contribution >= 0.6 is 0 Å². The normalized spacial score (nSPS) is 11.7. The summed E-state index contributed by atoms with van der Waals surface area (Å²) in [6.07, 6.45) is -5.07. The molecule has 0 aliphatic carbocycles. The first-order chi connectivity index (χ1) is 14.3. The maximum atomic E-state index is 12.8. The number of carbonyl (C=O) groups is 2. The van der Waals surface area contributed by atoms with Crippen molar-refractivity contribution in [3.8, 4) is 0 Å². The summed E-state index contributed by atoms with van der Waals surface area (Å²) < 4.78 is 43.9. The number of anilines is 1. The van der Waals surface area contributed by atoms with Crippen LogP contribution in [0.1, 0.15) is 55.0 Å². The number of pyridine rings is 1. The first-order valence-corrected chi connectivity index (χ1v) is 9.74. The Kier molecular flexibility index (Phi) is 7.30. The highest BCUT2D eigenvalue weighted by Gasteiger charge is 2.33. The van der Waals surface area contributed by atoms with Crippen molar-refractivity contribution in [2.75, 3.05) is 11.9 Å². The number of nitrogens with zero attached hydrogens (tertiary/aromatic N) is 2. The number of ether oxygens (including phenoxy) is 1. The molecule has 9 heteroatoms. The van der Waals surface area contributed by atoms with E-state index < -0.39 is 29.5 Å². The van der Waals surface area contributed by atoms with Gasteiger partial charge in [-0.3, -0.25) is 4.79 Å². The van der Waals surface area contributed by atoms with Gasteiger partial charge in [-0.1, -0.05) is 18.2 Å². The first-order valence-electron chi connectivity index (χ1n) is 9.74. The van der Waals surface area contributed by atoms with Crippen molar-refractivity contribution >= 4 is 17.7 Å². The van der Waals surface area contributed by atoms with Crippen LogP contribution in [0.15, 0.2) is 36.4 Å². The van der Waals surface area contributed by atoms with Crippen molar-refractivity contribution < 1.29 is 27.5 Å². The zero-order valence-corrected chi connectivity index (χ0v) is 18.1. The van der Waals surface area contributed by atoms with Crippen molar-refractivity contribution in [1.82, 2.24) is 9.88 Å². The number of amides is 2. The van der Waals surface area contributed by atoms with Crippen molar-refractivity contribution in [2.24, 2.45) is 0 Å². The number of aryl methyl sites for hydroxylation is 1. The molecular weight excluding hydrogens is 411 g/mol. The Bertz CT molecular complexity index is 953. The Balaban J connectivity index is 2.22. The predicted molar refractivity (Wildman–Crippen MR) is 111 cm³/mol. The van der Waals surface area contributed by atoms with E-state index in [4.69, 9.17) is 4.74 Å². The minimum absolute atomic E-state index is 0.0299. The molecule has 0 fully saturated rings. The van der Waals surface area contributed by atoms with Crippen LogP contribution in [0.4, 0.5) is 23.7 Å². The molecule has 2 amide bonds. The summed E-state index contributed by atoms with van der Waals surface area (Å²) in [5, 5.41) is 2.70. The molecule has 0 aliphatic rings. The highest BCUT2D eigenvalue weighted by molar-refractivity contribution is 6.05. The van der Waals surface area contributed by atoms with Crippen LogP contribution in [0.3, 0.4) is 0 Å². The molecule has 0 unspecified atom stereocenters. The second kappa shape index (κ2) is 9.36. The Morgan fingerprint density at radius 3 is 2.29 bits per heavy atom. The molecule has 0 saturated carbocycles. The van der Waals surface area contributed by atoms with Crippen molar-refractivity contribution in [3.63, 3.8) is 0 Å². The molecule has 1 aromatic carbocycles. The first kappa shape index (κ1) is 24.2. The van der Waals surface area contributed by atoms with Gasteiger partial charge in [-0.25, -0.2) is 9.78 Å². The lowest BCUT2D eigenvalue weighted by molar-refractivity contribution is -0.141. The van der Waals surface area contributed by atoms with E-state index in [0.717, 1.165) is 12.1 Å². The SMILES string of the molecule is CCN(Cc1ccccc1NC(=O)c1ccc(C(F)(F)F)nc1C)C(=O)OC(C)(C)C. The molecule has 0 radical (unpaired) electrons. The standard InChI is InChI=1S/C22H26F3N3O3/c1-6-28(20(30)31-21(3,4)5)13-15-9-7-8-10-17(15)27-19(29)16-11-12-18(22(23,24)25)26-14(16)2/h7-12H,6,13H2,1-5H3,(H,27,29). The molecule has 0 saturated heterocycles. The third-order valence-corrected chi connectivity index (χ3v) is 4.28. The number of para-hydroxylation sites is 1. The van der Waals surface area contributed by atoms with Crippen LogP contribution in [-0.2, 0) is 17.5 Å². The van der Waals surface area contributed by atoms with Gasteiger partial charge in [0.1, 0.15) is 11.3 Å². The average molecular weight is 437 g/mol. The van der Waals surface area contributed by atoms with Gasteiger partial charge in [0.05, 0.1) is 17.8 Å². The van der Waals surface area contributed by atoms with Gasteiger partial charge in [-0.15, -0.1) is 0 Å². The van der Waals surface area contributed by atoms with E-state index in [-0.39, 0.29) is 17.8 Å². The number of halogens is 3. The fourth-order valence-corrected chi connectivity index (χ4v) is 2.77. The zero-order valence-electron chi connectivity index (χ0n) is 18.1. The van der Waals surface area contributed by atoms with Gasteiger partial charge in [0.25, 0.3) is 5.91 Å². The topological polar surface area (TPSA) is 71.5 Å². The smallest absolute Gasteiger partial charge is 0.433 e. The number of hydrogen-bond acceptors (Lipinski definition) is 4. The average Bonchev–Trinajstić information content (AvgIpc) is 2.64. The largest absolute Gasteiger partial charge is 0.444 e. The highest BCUT2D eigenvalue weighted by Crippen LogP contribution is 2.28. The zero-order chi connectivity index (χ0) is 23.4. The summed E-state index contributed by atoms with van der Waals surface area (Å²) in [4.78, 5) is 30.1. The Morgan fingerprint density at radius 2 is 1.74 bits per heavy atom. The van der Waals surface area contributed by atoms with E-state index >= 15 is 0 Å². The van der Waals surface area contributed by atoms with Gasteiger partial charge in [0, 0.05) is 12.2 Å². The van der Waals surface area contributed by atoms with Gasteiger partial charge >= 0.3 is 12.3 Å². The van der Waals surface area contributed by atoms with Gasteiger partial charge in [-0.2, -0.15) is 13.2 Å². The summed E-state index contributed by atoms with van der Waals surface area (Å²) in [5.41, 5.74) is -0.616. The number of rotatable bonds is 5. The molecule has 168 valence electrons. The molecule has 0 bridgehead atoms. The molecule has 2 aromatic rings.